The van der Waals surface area contributed by atoms with Crippen LogP contribution in [-0.4, -0.2) is 12.3 Å². The van der Waals surface area contributed by atoms with E-state index in [2.05, 4.69) is 0 Å². The summed E-state index contributed by atoms with van der Waals surface area (Å²) in [5, 5.41) is 10.5. The van der Waals surface area contributed by atoms with Gasteiger partial charge in [-0.05, 0) is 23.3 Å². The molecule has 0 bridgehead atoms. The largest absolute Gasteiger partial charge is 0.445 e. The molecule has 0 aliphatic heterocycles. The fraction of sp³-hybridized carbons (Fsp3) is 0.176. The third-order valence-electron chi connectivity index (χ3n) is 3.18. The number of nitriles is 1. The third-order valence-corrected chi connectivity index (χ3v) is 3.18. The number of alkyl carbamates (subject to hydrolysis) is 1. The number of nitrogens with one attached hydrogen (secondary N) is 1. The molecule has 0 heterocycles. The molecule has 2 aromatic carbocycles. The lowest BCUT2D eigenvalue weighted by molar-refractivity contribution is -0.156. The zero-order chi connectivity index (χ0) is 17.6. The smallest absolute Gasteiger partial charge is 0.412 e. The fourth-order valence-electron chi connectivity index (χ4n) is 1.99. The predicted octanol–water partition coefficient (Wildman–Crippen LogP) is 4.09. The topological polar surface area (TPSA) is 62.1 Å². The summed E-state index contributed by atoms with van der Waals surface area (Å²) in [6, 6.07) is 13.0. The lowest BCUT2D eigenvalue weighted by Crippen LogP contribution is -2.38. The normalized spacial score (nSPS) is 12.1. The van der Waals surface area contributed by atoms with Crippen molar-refractivity contribution in [3.05, 3.63) is 71.3 Å². The maximum atomic E-state index is 13.2. The van der Waals surface area contributed by atoms with E-state index in [1.54, 1.807) is 30.3 Å². The number of alkyl halides is 3. The van der Waals surface area contributed by atoms with Crippen LogP contribution in [0.1, 0.15) is 22.7 Å². The first kappa shape index (κ1) is 17.3. The van der Waals surface area contributed by atoms with Gasteiger partial charge in [0.2, 0.25) is 0 Å². The zero-order valence-electron chi connectivity index (χ0n) is 12.4. The quantitative estimate of drug-likeness (QED) is 0.916. The van der Waals surface area contributed by atoms with Gasteiger partial charge in [0, 0.05) is 0 Å². The van der Waals surface area contributed by atoms with Crippen LogP contribution in [0.4, 0.5) is 18.0 Å². The molecule has 2 rings (SSSR count). The van der Waals surface area contributed by atoms with E-state index in [-0.39, 0.29) is 17.7 Å². The molecule has 0 fully saturated rings. The number of carbonyl (C=O) groups is 1. The molecule has 24 heavy (non-hydrogen) atoms. The molecule has 2 aromatic rings. The second kappa shape index (κ2) is 7.51. The van der Waals surface area contributed by atoms with Gasteiger partial charge in [-0.2, -0.15) is 18.4 Å². The van der Waals surface area contributed by atoms with Gasteiger partial charge < -0.3 is 10.1 Å². The molecule has 4 nitrogen and oxygen atoms in total. The van der Waals surface area contributed by atoms with Gasteiger partial charge in [-0.15, -0.1) is 0 Å². The second-order valence-electron chi connectivity index (χ2n) is 4.91. The van der Waals surface area contributed by atoms with Gasteiger partial charge in [-0.1, -0.05) is 42.5 Å². The van der Waals surface area contributed by atoms with Crippen LogP contribution in [0.5, 0.6) is 0 Å². The Balaban J connectivity index is 2.05. The number of nitrogens with zero attached hydrogens (tertiary/aromatic N) is 1. The molecule has 124 valence electrons. The van der Waals surface area contributed by atoms with Crippen molar-refractivity contribution in [1.29, 1.82) is 5.26 Å². The van der Waals surface area contributed by atoms with E-state index in [1.165, 1.54) is 12.1 Å². The van der Waals surface area contributed by atoms with Crippen molar-refractivity contribution in [1.82, 2.24) is 5.32 Å². The van der Waals surface area contributed by atoms with E-state index in [9.17, 15) is 18.0 Å². The fourth-order valence-corrected chi connectivity index (χ4v) is 1.99. The summed E-state index contributed by atoms with van der Waals surface area (Å²) < 4.78 is 44.3. The molecule has 7 heteroatoms. The summed E-state index contributed by atoms with van der Waals surface area (Å²) in [6.07, 6.45) is -5.87. The van der Waals surface area contributed by atoms with Crippen molar-refractivity contribution in [3.63, 3.8) is 0 Å². The van der Waals surface area contributed by atoms with E-state index in [0.29, 0.717) is 5.56 Å². The number of ether oxygens (including phenoxy) is 1. The SMILES string of the molecule is N#Cc1ccc(C(NC(=O)OCc2ccccc2)C(F)(F)F)cc1. The standard InChI is InChI=1S/C17H13F3N2O2/c18-17(19,20)15(14-8-6-12(10-21)7-9-14)22-16(23)24-11-13-4-2-1-3-5-13/h1-9,15H,11H2,(H,22,23). The number of hydrogen-bond acceptors (Lipinski definition) is 3. The minimum atomic E-state index is -4.69. The summed E-state index contributed by atoms with van der Waals surface area (Å²) in [7, 11) is 0. The zero-order valence-corrected chi connectivity index (χ0v) is 12.4. The monoisotopic (exact) mass is 334 g/mol. The van der Waals surface area contributed by atoms with Gasteiger partial charge in [-0.25, -0.2) is 4.79 Å². The van der Waals surface area contributed by atoms with Gasteiger partial charge in [0.25, 0.3) is 0 Å². The summed E-state index contributed by atoms with van der Waals surface area (Å²) >= 11 is 0. The maximum absolute atomic E-state index is 13.2. The van der Waals surface area contributed by atoms with Crippen molar-refractivity contribution >= 4 is 6.09 Å². The van der Waals surface area contributed by atoms with E-state index in [0.717, 1.165) is 12.1 Å². The van der Waals surface area contributed by atoms with Crippen molar-refractivity contribution in [3.8, 4) is 6.07 Å². The van der Waals surface area contributed by atoms with Crippen molar-refractivity contribution in [2.45, 2.75) is 18.8 Å². The van der Waals surface area contributed by atoms with Gasteiger partial charge in [0.1, 0.15) is 6.61 Å². The Bertz CT molecular complexity index is 722. The van der Waals surface area contributed by atoms with Crippen molar-refractivity contribution in [2.75, 3.05) is 0 Å². The van der Waals surface area contributed by atoms with E-state index >= 15 is 0 Å². The average Bonchev–Trinajstić information content (AvgIpc) is 2.58. The van der Waals surface area contributed by atoms with Gasteiger partial charge in [-0.3, -0.25) is 0 Å². The molecular formula is C17H13F3N2O2. The highest BCUT2D eigenvalue weighted by Gasteiger charge is 2.42. The van der Waals surface area contributed by atoms with Crippen LogP contribution < -0.4 is 5.32 Å². The molecule has 0 aliphatic carbocycles. The van der Waals surface area contributed by atoms with Gasteiger partial charge in [0.05, 0.1) is 11.6 Å². The Hall–Kier alpha value is -3.01. The van der Waals surface area contributed by atoms with Crippen LogP contribution in [0.15, 0.2) is 54.6 Å². The van der Waals surface area contributed by atoms with Gasteiger partial charge in [0.15, 0.2) is 6.04 Å². The van der Waals surface area contributed by atoms with Crippen LogP contribution in [0, 0.1) is 11.3 Å². The Morgan fingerprint density at radius 1 is 1.12 bits per heavy atom. The predicted molar refractivity (Wildman–Crippen MR) is 79.7 cm³/mol. The van der Waals surface area contributed by atoms with E-state index in [4.69, 9.17) is 10.00 Å². The second-order valence-corrected chi connectivity index (χ2v) is 4.91. The van der Waals surface area contributed by atoms with Crippen molar-refractivity contribution < 1.29 is 22.7 Å². The molecule has 1 atom stereocenters. The molecule has 0 saturated carbocycles. The molecule has 1 unspecified atom stereocenters. The van der Waals surface area contributed by atoms with Crippen LogP contribution in [-0.2, 0) is 11.3 Å². The first-order valence-corrected chi connectivity index (χ1v) is 6.94. The number of hydrogen-bond donors (Lipinski definition) is 1. The van der Waals surface area contributed by atoms with Gasteiger partial charge >= 0.3 is 12.3 Å². The van der Waals surface area contributed by atoms with Crippen molar-refractivity contribution in [2.24, 2.45) is 0 Å². The average molecular weight is 334 g/mol. The Labute approximate surface area is 136 Å². The first-order valence-electron chi connectivity index (χ1n) is 6.94. The van der Waals surface area contributed by atoms with E-state index < -0.39 is 18.3 Å². The Kier molecular flexibility index (Phi) is 5.42. The van der Waals surface area contributed by atoms with Crippen LogP contribution in [0.2, 0.25) is 0 Å². The molecule has 0 saturated heterocycles. The highest BCUT2D eigenvalue weighted by Crippen LogP contribution is 2.32. The molecule has 0 radical (unpaired) electrons. The summed E-state index contributed by atoms with van der Waals surface area (Å²) in [5.41, 5.74) is 0.707. The highest BCUT2D eigenvalue weighted by molar-refractivity contribution is 5.68. The number of benzene rings is 2. The van der Waals surface area contributed by atoms with Crippen LogP contribution in [0.25, 0.3) is 0 Å². The molecule has 1 N–H and O–H groups in total. The molecule has 0 aromatic heterocycles. The maximum Gasteiger partial charge on any atom is 0.412 e. The summed E-state index contributed by atoms with van der Waals surface area (Å²) in [6.45, 7) is -0.134. The lowest BCUT2D eigenvalue weighted by Gasteiger charge is -2.21. The van der Waals surface area contributed by atoms with Crippen LogP contribution in [0.3, 0.4) is 0 Å². The lowest BCUT2D eigenvalue weighted by atomic mass is 10.0. The van der Waals surface area contributed by atoms with E-state index in [1.807, 2.05) is 11.4 Å². The highest BCUT2D eigenvalue weighted by atomic mass is 19.4. The molecule has 1 amide bonds. The number of halogens is 3. The minimum Gasteiger partial charge on any atom is -0.445 e. The number of rotatable bonds is 4. The molecular weight excluding hydrogens is 321 g/mol. The molecule has 0 spiro atoms. The Morgan fingerprint density at radius 3 is 2.29 bits per heavy atom. The summed E-state index contributed by atoms with van der Waals surface area (Å²) in [5.74, 6) is 0. The molecule has 0 aliphatic rings. The first-order chi connectivity index (χ1) is 11.4. The number of carbonyl (C=O) groups excluding carboxylic acids is 1. The minimum absolute atomic E-state index is 0.134. The number of amides is 1. The van der Waals surface area contributed by atoms with Crippen LogP contribution >= 0.6 is 0 Å². The third kappa shape index (κ3) is 4.74. The Morgan fingerprint density at radius 2 is 1.75 bits per heavy atom. The summed E-state index contributed by atoms with van der Waals surface area (Å²) in [4.78, 5) is 11.7.